The highest BCUT2D eigenvalue weighted by Crippen LogP contribution is 2.36. The van der Waals surface area contributed by atoms with E-state index in [0.717, 1.165) is 0 Å². The second kappa shape index (κ2) is 3.20. The number of nitrogens with zero attached hydrogens (tertiary/aromatic N) is 1. The number of hydrogen-bond donors (Lipinski definition) is 0. The van der Waals surface area contributed by atoms with Crippen molar-refractivity contribution in [2.45, 2.75) is 44.3 Å². The van der Waals surface area contributed by atoms with Gasteiger partial charge in [-0.1, -0.05) is 4.40 Å². The van der Waals surface area contributed by atoms with Crippen molar-refractivity contribution in [2.75, 3.05) is 0 Å². The van der Waals surface area contributed by atoms with Gasteiger partial charge in [0.25, 0.3) is 5.92 Å². The third-order valence-electron chi connectivity index (χ3n) is 1.66. The van der Waals surface area contributed by atoms with E-state index in [1.165, 1.54) is 0 Å². The van der Waals surface area contributed by atoms with Crippen LogP contribution in [0.25, 0.3) is 0 Å². The minimum atomic E-state index is -2.61. The van der Waals surface area contributed by atoms with Crippen LogP contribution in [0.1, 0.15) is 33.6 Å². The standard InChI is InChI=1S/C8H13F2NOS/c1-7(2,3)13(12)11-6-4-8(9,10)5-6/h4-5H2,1-3H3. The first kappa shape index (κ1) is 10.9. The predicted molar refractivity (Wildman–Crippen MR) is 49.5 cm³/mol. The summed E-state index contributed by atoms with van der Waals surface area (Å²) in [4.78, 5) is 0. The highest BCUT2D eigenvalue weighted by atomic mass is 32.2. The lowest BCUT2D eigenvalue weighted by molar-refractivity contribution is -0.00896. The van der Waals surface area contributed by atoms with Crippen molar-refractivity contribution in [1.82, 2.24) is 0 Å². The molecule has 1 aliphatic carbocycles. The molecule has 76 valence electrons. The van der Waals surface area contributed by atoms with Gasteiger partial charge in [0.05, 0.1) is 18.6 Å². The zero-order valence-corrected chi connectivity index (χ0v) is 8.75. The molecule has 5 heteroatoms. The van der Waals surface area contributed by atoms with Crippen LogP contribution in [-0.2, 0) is 11.4 Å². The number of alkyl halides is 2. The van der Waals surface area contributed by atoms with Gasteiger partial charge >= 0.3 is 0 Å². The molecular formula is C8H13F2NOS. The Bertz CT molecular complexity index is 225. The van der Waals surface area contributed by atoms with Crippen LogP contribution in [0.5, 0.6) is 0 Å². The molecule has 0 amide bonds. The highest BCUT2D eigenvalue weighted by Gasteiger charge is 2.44. The van der Waals surface area contributed by atoms with E-state index in [9.17, 15) is 13.3 Å². The van der Waals surface area contributed by atoms with Gasteiger partial charge in [-0.25, -0.2) is 8.78 Å². The monoisotopic (exact) mass is 209 g/mol. The van der Waals surface area contributed by atoms with Gasteiger partial charge in [-0.05, 0) is 20.8 Å². The summed E-state index contributed by atoms with van der Waals surface area (Å²) in [7, 11) is 0. The second-order valence-electron chi connectivity index (χ2n) is 4.23. The summed E-state index contributed by atoms with van der Waals surface area (Å²) in [6.45, 7) is 5.30. The third kappa shape index (κ3) is 2.91. The third-order valence-corrected chi connectivity index (χ3v) is 3.13. The quantitative estimate of drug-likeness (QED) is 0.610. The molecule has 1 saturated carbocycles. The van der Waals surface area contributed by atoms with Gasteiger partial charge in [0, 0.05) is 0 Å². The highest BCUT2D eigenvalue weighted by molar-refractivity contribution is 7.91. The predicted octanol–water partition coefficient (Wildman–Crippen LogP) is 2.32. The first-order valence-corrected chi connectivity index (χ1v) is 5.18. The van der Waals surface area contributed by atoms with Gasteiger partial charge < -0.3 is 4.55 Å². The Morgan fingerprint density at radius 3 is 2.15 bits per heavy atom. The van der Waals surface area contributed by atoms with Crippen molar-refractivity contribution >= 4 is 17.1 Å². The van der Waals surface area contributed by atoms with Crippen LogP contribution in [0.3, 0.4) is 0 Å². The smallest absolute Gasteiger partial charge is 0.258 e. The molecule has 0 N–H and O–H groups in total. The SMILES string of the molecule is CC(C)(C)[S+]([O-])N=C1CC(F)(F)C1. The molecule has 1 unspecified atom stereocenters. The molecule has 0 aliphatic heterocycles. The molecule has 0 heterocycles. The van der Waals surface area contributed by atoms with Crippen LogP contribution in [0, 0.1) is 0 Å². The Balaban J connectivity index is 2.51. The fourth-order valence-corrected chi connectivity index (χ4v) is 1.50. The van der Waals surface area contributed by atoms with Crippen LogP contribution in [0.2, 0.25) is 0 Å². The van der Waals surface area contributed by atoms with E-state index < -0.39 is 22.0 Å². The molecule has 1 fully saturated rings. The van der Waals surface area contributed by atoms with Crippen molar-refractivity contribution in [2.24, 2.45) is 4.40 Å². The Kier molecular flexibility index (Phi) is 2.69. The van der Waals surface area contributed by atoms with Gasteiger partial charge in [-0.3, -0.25) is 0 Å². The summed E-state index contributed by atoms with van der Waals surface area (Å²) in [5, 5.41) is 0. The van der Waals surface area contributed by atoms with Gasteiger partial charge in [0.15, 0.2) is 0 Å². The Morgan fingerprint density at radius 1 is 1.38 bits per heavy atom. The summed E-state index contributed by atoms with van der Waals surface area (Å²) in [6.07, 6.45) is -0.649. The van der Waals surface area contributed by atoms with Crippen LogP contribution in [0.4, 0.5) is 8.78 Å². The molecule has 2 nitrogen and oxygen atoms in total. The Hall–Kier alpha value is -0.160. The molecule has 0 aromatic heterocycles. The average molecular weight is 209 g/mol. The minimum Gasteiger partial charge on any atom is -0.591 e. The van der Waals surface area contributed by atoms with Crippen molar-refractivity contribution in [3.8, 4) is 0 Å². The Labute approximate surface area is 79.7 Å². The lowest BCUT2D eigenvalue weighted by Gasteiger charge is -2.28. The van der Waals surface area contributed by atoms with Gasteiger partial charge in [-0.2, -0.15) is 0 Å². The largest absolute Gasteiger partial charge is 0.591 e. The maximum absolute atomic E-state index is 12.4. The van der Waals surface area contributed by atoms with Gasteiger partial charge in [0.1, 0.15) is 16.1 Å². The number of halogens is 2. The molecule has 0 radical (unpaired) electrons. The van der Waals surface area contributed by atoms with E-state index in [1.807, 2.05) is 0 Å². The molecule has 1 rings (SSSR count). The summed E-state index contributed by atoms with van der Waals surface area (Å²) >= 11 is -1.39. The van der Waals surface area contributed by atoms with E-state index in [1.54, 1.807) is 20.8 Å². The number of hydrogen-bond acceptors (Lipinski definition) is 2. The molecule has 1 atom stereocenters. The van der Waals surface area contributed by atoms with E-state index in [2.05, 4.69) is 4.40 Å². The van der Waals surface area contributed by atoms with Gasteiger partial charge in [0.2, 0.25) is 0 Å². The molecular weight excluding hydrogens is 196 g/mol. The summed E-state index contributed by atoms with van der Waals surface area (Å²) < 4.78 is 39.4. The lowest BCUT2D eigenvalue weighted by Crippen LogP contribution is -2.38. The lowest BCUT2D eigenvalue weighted by atomic mass is 9.92. The summed E-state index contributed by atoms with van der Waals surface area (Å²) in [5.41, 5.74) is 0.373. The topological polar surface area (TPSA) is 35.4 Å². The van der Waals surface area contributed by atoms with E-state index in [-0.39, 0.29) is 12.8 Å². The average Bonchev–Trinajstić information content (AvgIpc) is 1.80. The van der Waals surface area contributed by atoms with Crippen molar-refractivity contribution < 1.29 is 13.3 Å². The molecule has 0 saturated heterocycles. The van der Waals surface area contributed by atoms with Gasteiger partial charge in [-0.15, -0.1) is 0 Å². The van der Waals surface area contributed by atoms with Crippen LogP contribution in [0.15, 0.2) is 4.40 Å². The zero-order chi connectivity index (χ0) is 10.3. The van der Waals surface area contributed by atoms with Crippen molar-refractivity contribution in [3.63, 3.8) is 0 Å². The van der Waals surface area contributed by atoms with E-state index >= 15 is 0 Å². The second-order valence-corrected chi connectivity index (χ2v) is 6.13. The first-order valence-electron chi connectivity index (χ1n) is 4.07. The molecule has 1 aliphatic rings. The van der Waals surface area contributed by atoms with Crippen LogP contribution in [-0.4, -0.2) is 20.9 Å². The van der Waals surface area contributed by atoms with E-state index in [4.69, 9.17) is 0 Å². The fraction of sp³-hybridized carbons (Fsp3) is 0.875. The maximum Gasteiger partial charge on any atom is 0.258 e. The summed E-state index contributed by atoms with van der Waals surface area (Å²) in [5.74, 6) is -2.61. The van der Waals surface area contributed by atoms with Crippen LogP contribution >= 0.6 is 0 Å². The maximum atomic E-state index is 12.4. The molecule has 0 spiro atoms. The summed E-state index contributed by atoms with van der Waals surface area (Å²) in [6, 6.07) is 0. The normalized spacial score (nSPS) is 23.7. The Morgan fingerprint density at radius 2 is 1.85 bits per heavy atom. The van der Waals surface area contributed by atoms with E-state index in [0.29, 0.717) is 5.71 Å². The fourth-order valence-electron chi connectivity index (χ4n) is 0.864. The van der Waals surface area contributed by atoms with Crippen molar-refractivity contribution in [3.05, 3.63) is 0 Å². The minimum absolute atomic E-state index is 0.325. The van der Waals surface area contributed by atoms with Crippen LogP contribution < -0.4 is 0 Å². The number of rotatable bonds is 1. The molecule has 13 heavy (non-hydrogen) atoms. The molecule has 0 aromatic carbocycles. The van der Waals surface area contributed by atoms with Crippen molar-refractivity contribution in [1.29, 1.82) is 0 Å². The first-order chi connectivity index (χ1) is 5.71. The zero-order valence-electron chi connectivity index (χ0n) is 7.93. The molecule has 0 aromatic rings. The molecule has 0 bridgehead atoms.